The fourth-order valence-electron chi connectivity index (χ4n) is 2.86. The van der Waals surface area contributed by atoms with E-state index in [2.05, 4.69) is 4.98 Å². The van der Waals surface area contributed by atoms with E-state index in [4.69, 9.17) is 4.42 Å². The second kappa shape index (κ2) is 4.95. The summed E-state index contributed by atoms with van der Waals surface area (Å²) in [6.07, 6.45) is 1.60. The molecule has 3 aromatic rings. The van der Waals surface area contributed by atoms with E-state index < -0.39 is 5.97 Å². The Hall–Kier alpha value is -3.15. The molecule has 0 saturated heterocycles. The summed E-state index contributed by atoms with van der Waals surface area (Å²) in [4.78, 5) is 29.3. The minimum atomic E-state index is -1.04. The molecule has 0 bridgehead atoms. The van der Waals surface area contributed by atoms with Gasteiger partial charge in [-0.25, -0.2) is 4.79 Å². The number of pyridine rings is 1. The van der Waals surface area contributed by atoms with Crippen LogP contribution in [0.4, 0.5) is 0 Å². The number of carbonyl (C=O) groups excluding carboxylic acids is 1. The van der Waals surface area contributed by atoms with E-state index in [1.54, 1.807) is 35.4 Å². The van der Waals surface area contributed by atoms with Crippen molar-refractivity contribution in [2.75, 3.05) is 0 Å². The number of carbonyl (C=O) groups is 2. The Morgan fingerprint density at radius 3 is 2.96 bits per heavy atom. The molecule has 0 aliphatic carbocycles. The van der Waals surface area contributed by atoms with Crippen molar-refractivity contribution in [1.82, 2.24) is 9.88 Å². The standard InChI is InChI=1S/C17H12N2O4/c20-16-14-11(4-2-6-18-14)8-19(16)9-12-7-10-3-1-5-13(17(21)22)15(10)23-12/h1-7H,8-9H2,(H,21,22). The Kier molecular flexibility index (Phi) is 2.90. The highest BCUT2D eigenvalue weighted by Crippen LogP contribution is 2.27. The predicted molar refractivity (Wildman–Crippen MR) is 81.0 cm³/mol. The summed E-state index contributed by atoms with van der Waals surface area (Å²) in [5.41, 5.74) is 1.80. The van der Waals surface area contributed by atoms with Crippen molar-refractivity contribution in [2.45, 2.75) is 13.1 Å². The fraction of sp³-hybridized carbons (Fsp3) is 0.118. The van der Waals surface area contributed by atoms with Crippen LogP contribution in [0, 0.1) is 0 Å². The van der Waals surface area contributed by atoms with Gasteiger partial charge in [0.15, 0.2) is 0 Å². The number of benzene rings is 1. The molecular weight excluding hydrogens is 296 g/mol. The lowest BCUT2D eigenvalue weighted by Gasteiger charge is -2.12. The first-order chi connectivity index (χ1) is 11.1. The molecule has 114 valence electrons. The van der Waals surface area contributed by atoms with Crippen LogP contribution in [0.3, 0.4) is 0 Å². The predicted octanol–water partition coefficient (Wildman–Crippen LogP) is 2.68. The van der Waals surface area contributed by atoms with Crippen LogP contribution in [-0.2, 0) is 13.1 Å². The lowest BCUT2D eigenvalue weighted by Crippen LogP contribution is -2.23. The molecule has 1 N–H and O–H groups in total. The van der Waals surface area contributed by atoms with Crippen molar-refractivity contribution in [2.24, 2.45) is 0 Å². The number of amides is 1. The maximum Gasteiger partial charge on any atom is 0.339 e. The number of aromatic nitrogens is 1. The minimum Gasteiger partial charge on any atom is -0.478 e. The van der Waals surface area contributed by atoms with Crippen LogP contribution in [0.1, 0.15) is 32.2 Å². The maximum atomic E-state index is 12.3. The van der Waals surface area contributed by atoms with Crippen molar-refractivity contribution in [1.29, 1.82) is 0 Å². The third-order valence-electron chi connectivity index (χ3n) is 3.91. The Bertz CT molecular complexity index is 945. The summed E-state index contributed by atoms with van der Waals surface area (Å²) >= 11 is 0. The molecule has 1 aliphatic rings. The third-order valence-corrected chi connectivity index (χ3v) is 3.91. The number of para-hydroxylation sites is 1. The second-order valence-corrected chi connectivity index (χ2v) is 5.41. The molecule has 0 atom stereocenters. The van der Waals surface area contributed by atoms with Crippen LogP contribution < -0.4 is 0 Å². The van der Waals surface area contributed by atoms with Gasteiger partial charge in [0.1, 0.15) is 22.6 Å². The number of fused-ring (bicyclic) bond motifs is 2. The monoisotopic (exact) mass is 308 g/mol. The van der Waals surface area contributed by atoms with Crippen molar-refractivity contribution in [3.63, 3.8) is 0 Å². The zero-order valence-corrected chi connectivity index (χ0v) is 12.0. The summed E-state index contributed by atoms with van der Waals surface area (Å²) in [5.74, 6) is -0.625. The molecule has 0 fully saturated rings. The summed E-state index contributed by atoms with van der Waals surface area (Å²) in [6, 6.07) is 10.4. The molecule has 1 aliphatic heterocycles. The van der Waals surface area contributed by atoms with Gasteiger partial charge in [-0.3, -0.25) is 9.78 Å². The van der Waals surface area contributed by atoms with E-state index in [1.165, 1.54) is 6.07 Å². The van der Waals surface area contributed by atoms with Crippen molar-refractivity contribution >= 4 is 22.8 Å². The first-order valence-electron chi connectivity index (χ1n) is 7.11. The molecule has 0 unspecified atom stereocenters. The lowest BCUT2D eigenvalue weighted by atomic mass is 10.1. The Morgan fingerprint density at radius 1 is 1.30 bits per heavy atom. The number of carboxylic acids is 1. The average Bonchev–Trinajstić information content (AvgIpc) is 3.09. The van der Waals surface area contributed by atoms with Gasteiger partial charge in [0, 0.05) is 23.7 Å². The molecule has 1 amide bonds. The highest BCUT2D eigenvalue weighted by Gasteiger charge is 2.29. The first kappa shape index (κ1) is 13.5. The number of hydrogen-bond donors (Lipinski definition) is 1. The van der Waals surface area contributed by atoms with Crippen LogP contribution >= 0.6 is 0 Å². The summed E-state index contributed by atoms with van der Waals surface area (Å²) in [6.45, 7) is 0.758. The fourth-order valence-corrected chi connectivity index (χ4v) is 2.86. The Labute approximate surface area is 131 Å². The highest BCUT2D eigenvalue weighted by atomic mass is 16.4. The second-order valence-electron chi connectivity index (χ2n) is 5.41. The van der Waals surface area contributed by atoms with E-state index in [0.717, 1.165) is 5.56 Å². The van der Waals surface area contributed by atoms with Gasteiger partial charge < -0.3 is 14.4 Å². The van der Waals surface area contributed by atoms with Gasteiger partial charge in [0.05, 0.1) is 6.54 Å². The first-order valence-corrected chi connectivity index (χ1v) is 7.11. The number of aromatic carboxylic acids is 1. The molecule has 1 aromatic carbocycles. The van der Waals surface area contributed by atoms with Crippen LogP contribution in [-0.4, -0.2) is 26.9 Å². The average molecular weight is 308 g/mol. The lowest BCUT2D eigenvalue weighted by molar-refractivity contribution is 0.0695. The topological polar surface area (TPSA) is 83.6 Å². The zero-order chi connectivity index (χ0) is 16.0. The molecule has 2 aromatic heterocycles. The van der Waals surface area contributed by atoms with Gasteiger partial charge in [0.25, 0.3) is 5.91 Å². The van der Waals surface area contributed by atoms with E-state index in [1.807, 2.05) is 6.07 Å². The molecule has 6 heteroatoms. The molecular formula is C17H12N2O4. The van der Waals surface area contributed by atoms with Crippen LogP contribution in [0.5, 0.6) is 0 Å². The highest BCUT2D eigenvalue weighted by molar-refractivity contribution is 6.01. The van der Waals surface area contributed by atoms with Gasteiger partial charge in [-0.05, 0) is 18.2 Å². The Morgan fingerprint density at radius 2 is 2.17 bits per heavy atom. The number of nitrogens with zero attached hydrogens (tertiary/aromatic N) is 2. The zero-order valence-electron chi connectivity index (χ0n) is 12.0. The van der Waals surface area contributed by atoms with Crippen LogP contribution in [0.2, 0.25) is 0 Å². The number of hydrogen-bond acceptors (Lipinski definition) is 4. The maximum absolute atomic E-state index is 12.3. The van der Waals surface area contributed by atoms with Gasteiger partial charge in [-0.1, -0.05) is 18.2 Å². The SMILES string of the molecule is O=C(O)c1cccc2cc(CN3Cc4cccnc4C3=O)oc12. The smallest absolute Gasteiger partial charge is 0.339 e. The molecule has 23 heavy (non-hydrogen) atoms. The van der Waals surface area contributed by atoms with Crippen molar-refractivity contribution in [3.8, 4) is 0 Å². The Balaban J connectivity index is 1.66. The molecule has 0 radical (unpaired) electrons. The third kappa shape index (κ3) is 2.15. The minimum absolute atomic E-state index is 0.117. The van der Waals surface area contributed by atoms with Gasteiger partial charge in [-0.15, -0.1) is 0 Å². The van der Waals surface area contributed by atoms with Gasteiger partial charge in [0.2, 0.25) is 0 Å². The van der Waals surface area contributed by atoms with E-state index >= 15 is 0 Å². The summed E-state index contributed by atoms with van der Waals surface area (Å²) < 4.78 is 5.67. The molecule has 4 rings (SSSR count). The van der Waals surface area contributed by atoms with Crippen molar-refractivity contribution in [3.05, 3.63) is 65.2 Å². The quantitative estimate of drug-likeness (QED) is 0.804. The molecule has 6 nitrogen and oxygen atoms in total. The number of rotatable bonds is 3. The largest absolute Gasteiger partial charge is 0.478 e. The van der Waals surface area contributed by atoms with Crippen molar-refractivity contribution < 1.29 is 19.1 Å². The normalized spacial score (nSPS) is 13.6. The molecule has 0 spiro atoms. The number of carboxylic acid groups (broad SMARTS) is 1. The number of furan rings is 1. The van der Waals surface area contributed by atoms with E-state index in [0.29, 0.717) is 29.0 Å². The van der Waals surface area contributed by atoms with Gasteiger partial charge >= 0.3 is 5.97 Å². The van der Waals surface area contributed by atoms with Gasteiger partial charge in [-0.2, -0.15) is 0 Å². The molecule has 0 saturated carbocycles. The van der Waals surface area contributed by atoms with E-state index in [-0.39, 0.29) is 18.0 Å². The summed E-state index contributed by atoms with van der Waals surface area (Å²) in [5, 5.41) is 9.91. The molecule has 3 heterocycles. The van der Waals surface area contributed by atoms with Crippen LogP contribution in [0.25, 0.3) is 11.0 Å². The van der Waals surface area contributed by atoms with E-state index in [9.17, 15) is 14.7 Å². The van der Waals surface area contributed by atoms with Crippen LogP contribution in [0.15, 0.2) is 47.0 Å². The summed E-state index contributed by atoms with van der Waals surface area (Å²) in [7, 11) is 0.